The topological polar surface area (TPSA) is 98.5 Å². The predicted octanol–water partition coefficient (Wildman–Crippen LogP) is 1.07. The third-order valence-corrected chi connectivity index (χ3v) is 4.79. The molecule has 0 aromatic heterocycles. The molecule has 0 bridgehead atoms. The molecule has 0 aliphatic heterocycles. The Morgan fingerprint density at radius 1 is 1.30 bits per heavy atom. The zero-order valence-corrected chi connectivity index (χ0v) is 12.7. The van der Waals surface area contributed by atoms with E-state index in [4.69, 9.17) is 0 Å². The number of carbonyl (C=O) groups is 1. The van der Waals surface area contributed by atoms with Gasteiger partial charge in [0.05, 0.1) is 4.90 Å². The second-order valence-corrected chi connectivity index (χ2v) is 6.84. The first-order valence-corrected chi connectivity index (χ1v) is 7.71. The van der Waals surface area contributed by atoms with Crippen LogP contribution in [0.5, 0.6) is 0 Å². The molecule has 7 heteroatoms. The van der Waals surface area contributed by atoms with Gasteiger partial charge in [-0.2, -0.15) is 10.6 Å². The summed E-state index contributed by atoms with van der Waals surface area (Å²) in [5.74, 6) is 3.79. The third kappa shape index (κ3) is 4.03. The number of nitrogens with two attached hydrogens (primary N) is 1. The van der Waals surface area contributed by atoms with Gasteiger partial charge in [0.1, 0.15) is 6.54 Å². The first-order chi connectivity index (χ1) is 9.23. The zero-order chi connectivity index (χ0) is 15.4. The zero-order valence-electron chi connectivity index (χ0n) is 11.8. The second-order valence-electron chi connectivity index (χ2n) is 5.08. The van der Waals surface area contributed by atoms with Gasteiger partial charge < -0.3 is 4.84 Å². The van der Waals surface area contributed by atoms with Gasteiger partial charge in [0, 0.05) is 0 Å². The molecule has 20 heavy (non-hydrogen) atoms. The molecule has 1 rings (SSSR count). The molecule has 1 aromatic carbocycles. The highest BCUT2D eigenvalue weighted by atomic mass is 32.2. The Morgan fingerprint density at radius 3 is 2.30 bits per heavy atom. The lowest BCUT2D eigenvalue weighted by Gasteiger charge is -2.23. The van der Waals surface area contributed by atoms with Crippen molar-refractivity contribution < 1.29 is 18.0 Å². The van der Waals surface area contributed by atoms with Crippen LogP contribution in [0.15, 0.2) is 29.2 Å². The standard InChI is InChI=1S/C13H20N2O4S/c1-4-13(2,3)10-5-7-11(8-6-10)20(17,18)15-9-12(16)19-14/h5-8,15H,4,9,14H2,1-3H3. The third-order valence-electron chi connectivity index (χ3n) is 3.37. The van der Waals surface area contributed by atoms with Crippen molar-refractivity contribution in [3.63, 3.8) is 0 Å². The van der Waals surface area contributed by atoms with Crippen LogP contribution in [0.3, 0.4) is 0 Å². The minimum Gasteiger partial charge on any atom is -0.372 e. The van der Waals surface area contributed by atoms with Crippen LogP contribution < -0.4 is 10.6 Å². The quantitative estimate of drug-likeness (QED) is 0.766. The minimum absolute atomic E-state index is 0.0148. The van der Waals surface area contributed by atoms with Crippen molar-refractivity contribution in [2.24, 2.45) is 5.90 Å². The van der Waals surface area contributed by atoms with E-state index in [1.165, 1.54) is 12.1 Å². The molecule has 0 aliphatic carbocycles. The second kappa shape index (κ2) is 6.34. The number of benzene rings is 1. The van der Waals surface area contributed by atoms with Gasteiger partial charge in [0.15, 0.2) is 0 Å². The smallest absolute Gasteiger partial charge is 0.339 e. The van der Waals surface area contributed by atoms with E-state index in [1.54, 1.807) is 12.1 Å². The molecule has 3 N–H and O–H groups in total. The normalized spacial score (nSPS) is 12.2. The maximum absolute atomic E-state index is 11.9. The van der Waals surface area contributed by atoms with Gasteiger partial charge >= 0.3 is 5.97 Å². The lowest BCUT2D eigenvalue weighted by molar-refractivity contribution is -0.142. The number of sulfonamides is 1. The summed E-state index contributed by atoms with van der Waals surface area (Å²) in [6.45, 7) is 5.75. The highest BCUT2D eigenvalue weighted by Gasteiger charge is 2.20. The Bertz CT molecular complexity index is 565. The van der Waals surface area contributed by atoms with Crippen LogP contribution in [-0.2, 0) is 25.1 Å². The van der Waals surface area contributed by atoms with Crippen molar-refractivity contribution in [1.29, 1.82) is 0 Å². The van der Waals surface area contributed by atoms with Gasteiger partial charge in [-0.1, -0.05) is 32.9 Å². The Labute approximate surface area is 119 Å². The van der Waals surface area contributed by atoms with Crippen molar-refractivity contribution in [3.8, 4) is 0 Å². The first kappa shape index (κ1) is 16.6. The van der Waals surface area contributed by atoms with E-state index >= 15 is 0 Å². The van der Waals surface area contributed by atoms with Crippen LogP contribution in [0.25, 0.3) is 0 Å². The Balaban J connectivity index is 2.90. The van der Waals surface area contributed by atoms with Crippen LogP contribution in [0.2, 0.25) is 0 Å². The molecule has 0 heterocycles. The van der Waals surface area contributed by atoms with E-state index in [2.05, 4.69) is 36.2 Å². The molecule has 0 saturated carbocycles. The number of carbonyl (C=O) groups excluding carboxylic acids is 1. The average molecular weight is 300 g/mol. The predicted molar refractivity (Wildman–Crippen MR) is 75.2 cm³/mol. The maximum Gasteiger partial charge on any atom is 0.339 e. The summed E-state index contributed by atoms with van der Waals surface area (Å²) in [5, 5.41) is 0. The van der Waals surface area contributed by atoms with Crippen LogP contribution in [-0.4, -0.2) is 20.9 Å². The Hall–Kier alpha value is -1.44. The van der Waals surface area contributed by atoms with Gasteiger partial charge in [0.2, 0.25) is 10.0 Å². The van der Waals surface area contributed by atoms with Crippen LogP contribution in [0.1, 0.15) is 32.8 Å². The summed E-state index contributed by atoms with van der Waals surface area (Å²) >= 11 is 0. The summed E-state index contributed by atoms with van der Waals surface area (Å²) in [7, 11) is -3.74. The van der Waals surface area contributed by atoms with Crippen molar-refractivity contribution >= 4 is 16.0 Å². The highest BCUT2D eigenvalue weighted by molar-refractivity contribution is 7.89. The summed E-state index contributed by atoms with van der Waals surface area (Å²) in [6.07, 6.45) is 0.944. The summed E-state index contributed by atoms with van der Waals surface area (Å²) in [5.41, 5.74) is 1.04. The molecule has 0 atom stereocenters. The fourth-order valence-corrected chi connectivity index (χ4v) is 2.54. The summed E-state index contributed by atoms with van der Waals surface area (Å²) in [4.78, 5) is 14.8. The summed E-state index contributed by atoms with van der Waals surface area (Å²) in [6, 6.07) is 6.59. The molecular formula is C13H20N2O4S. The van der Waals surface area contributed by atoms with Crippen LogP contribution in [0, 0.1) is 0 Å². The molecule has 0 aliphatic rings. The van der Waals surface area contributed by atoms with Crippen molar-refractivity contribution in [2.45, 2.75) is 37.5 Å². The lowest BCUT2D eigenvalue weighted by atomic mass is 9.82. The van der Waals surface area contributed by atoms with E-state index in [-0.39, 0.29) is 10.3 Å². The molecule has 6 nitrogen and oxygen atoms in total. The lowest BCUT2D eigenvalue weighted by Crippen LogP contribution is -2.31. The largest absolute Gasteiger partial charge is 0.372 e. The highest BCUT2D eigenvalue weighted by Crippen LogP contribution is 2.27. The molecule has 112 valence electrons. The Kier molecular flexibility index (Phi) is 5.27. The van der Waals surface area contributed by atoms with Crippen molar-refractivity contribution in [3.05, 3.63) is 29.8 Å². The van der Waals surface area contributed by atoms with Gasteiger partial charge in [-0.3, -0.25) is 0 Å². The van der Waals surface area contributed by atoms with Crippen LogP contribution in [0.4, 0.5) is 0 Å². The molecule has 0 unspecified atom stereocenters. The molecule has 0 fully saturated rings. The molecular weight excluding hydrogens is 280 g/mol. The minimum atomic E-state index is -3.74. The van der Waals surface area contributed by atoms with Crippen molar-refractivity contribution in [1.82, 2.24) is 4.72 Å². The fraction of sp³-hybridized carbons (Fsp3) is 0.462. The van der Waals surface area contributed by atoms with E-state index in [0.29, 0.717) is 0 Å². The van der Waals surface area contributed by atoms with Gasteiger partial charge in [-0.15, -0.1) is 0 Å². The first-order valence-electron chi connectivity index (χ1n) is 6.22. The molecule has 0 radical (unpaired) electrons. The number of hydrogen-bond donors (Lipinski definition) is 2. The van der Waals surface area contributed by atoms with E-state index < -0.39 is 22.5 Å². The number of rotatable bonds is 6. The van der Waals surface area contributed by atoms with E-state index in [0.717, 1.165) is 12.0 Å². The van der Waals surface area contributed by atoms with Gasteiger partial charge in [-0.05, 0) is 29.5 Å². The monoisotopic (exact) mass is 300 g/mol. The average Bonchev–Trinajstić information content (AvgIpc) is 2.45. The molecule has 0 amide bonds. The number of hydrogen-bond acceptors (Lipinski definition) is 5. The SMILES string of the molecule is CCC(C)(C)c1ccc(S(=O)(=O)NCC(=O)ON)cc1. The van der Waals surface area contributed by atoms with Gasteiger partial charge in [-0.25, -0.2) is 13.2 Å². The molecule has 1 aromatic rings. The van der Waals surface area contributed by atoms with Crippen molar-refractivity contribution in [2.75, 3.05) is 6.54 Å². The fourth-order valence-electron chi connectivity index (χ4n) is 1.57. The van der Waals surface area contributed by atoms with Gasteiger partial charge in [0.25, 0.3) is 0 Å². The summed E-state index contributed by atoms with van der Waals surface area (Å²) < 4.78 is 26.0. The maximum atomic E-state index is 11.9. The van der Waals surface area contributed by atoms with E-state index in [1.807, 2.05) is 0 Å². The number of nitrogens with one attached hydrogen (secondary N) is 1. The molecule has 0 saturated heterocycles. The van der Waals surface area contributed by atoms with Crippen LogP contribution >= 0.6 is 0 Å². The Morgan fingerprint density at radius 2 is 1.85 bits per heavy atom. The molecule has 0 spiro atoms. The van der Waals surface area contributed by atoms with E-state index in [9.17, 15) is 13.2 Å².